The van der Waals surface area contributed by atoms with Crippen molar-refractivity contribution in [3.05, 3.63) is 24.3 Å². The molecule has 1 saturated heterocycles. The molecule has 4 rings (SSSR count). The summed E-state index contributed by atoms with van der Waals surface area (Å²) in [6.07, 6.45) is -1.28. The Hall–Kier alpha value is -3.69. The molecule has 2 fully saturated rings. The highest BCUT2D eigenvalue weighted by molar-refractivity contribution is 5.95. The second-order valence-corrected chi connectivity index (χ2v) is 8.99. The number of ketones is 1. The topological polar surface area (TPSA) is 140 Å². The van der Waals surface area contributed by atoms with Crippen LogP contribution in [0.3, 0.4) is 0 Å². The van der Waals surface area contributed by atoms with Gasteiger partial charge in [0.2, 0.25) is 0 Å². The van der Waals surface area contributed by atoms with Gasteiger partial charge in [-0.25, -0.2) is 9.97 Å². The third kappa shape index (κ3) is 6.93. The molecular weight excluding hydrogens is 479 g/mol. The number of anilines is 2. The van der Waals surface area contributed by atoms with Crippen molar-refractivity contribution in [3.63, 3.8) is 0 Å². The quantitative estimate of drug-likeness (QED) is 0.479. The van der Waals surface area contributed by atoms with Crippen LogP contribution in [0, 0.1) is 29.1 Å². The van der Waals surface area contributed by atoms with Crippen molar-refractivity contribution in [2.24, 2.45) is 17.8 Å². The van der Waals surface area contributed by atoms with Crippen LogP contribution >= 0.6 is 0 Å². The van der Waals surface area contributed by atoms with Crippen LogP contribution in [-0.2, 0) is 0 Å². The number of nitrogen functional groups attached to an aromatic ring is 1. The molecule has 3 heterocycles. The van der Waals surface area contributed by atoms with Gasteiger partial charge in [0.15, 0.2) is 17.4 Å². The van der Waals surface area contributed by atoms with Crippen molar-refractivity contribution in [1.82, 2.24) is 19.9 Å². The van der Waals surface area contributed by atoms with Crippen molar-refractivity contribution in [3.8, 4) is 17.8 Å². The maximum absolute atomic E-state index is 12.6. The highest BCUT2D eigenvalue weighted by Gasteiger charge is 2.38. The van der Waals surface area contributed by atoms with Crippen LogP contribution in [0.2, 0.25) is 0 Å². The van der Waals surface area contributed by atoms with Gasteiger partial charge in [0.1, 0.15) is 17.8 Å². The standard InChI is InChI=1S/C23H26F3N7O3/c24-23(25,26)4-1-18(34)17-8-20(32-22(31-17)36-12-16-7-15(16)9-27)33-5-2-14(3-6-33)11-35-19-10-29-13-30-21(19)28/h8,10,13-16H,1-7,11-12H2,(H2,28,29,30)/t15-,16+/m0/s1. The summed E-state index contributed by atoms with van der Waals surface area (Å²) in [7, 11) is 0. The lowest BCUT2D eigenvalue weighted by atomic mass is 9.98. The molecular formula is C23H26F3N7O3. The third-order valence-electron chi connectivity index (χ3n) is 6.25. The summed E-state index contributed by atoms with van der Waals surface area (Å²) < 4.78 is 49.3. The molecule has 10 nitrogen and oxygen atoms in total. The summed E-state index contributed by atoms with van der Waals surface area (Å²) in [6, 6.07) is 3.51. The lowest BCUT2D eigenvalue weighted by Crippen LogP contribution is -2.36. The Morgan fingerprint density at radius 3 is 2.67 bits per heavy atom. The zero-order valence-electron chi connectivity index (χ0n) is 19.4. The van der Waals surface area contributed by atoms with E-state index in [1.54, 1.807) is 0 Å². The average Bonchev–Trinajstić information content (AvgIpc) is 3.64. The van der Waals surface area contributed by atoms with Crippen molar-refractivity contribution < 1.29 is 27.4 Å². The molecule has 13 heteroatoms. The number of rotatable bonds is 10. The van der Waals surface area contributed by atoms with Crippen LogP contribution in [0.1, 0.15) is 42.6 Å². The molecule has 192 valence electrons. The van der Waals surface area contributed by atoms with Crippen molar-refractivity contribution >= 4 is 17.4 Å². The number of halogens is 3. The van der Waals surface area contributed by atoms with E-state index in [9.17, 15) is 18.0 Å². The first-order chi connectivity index (χ1) is 17.2. The normalized spacial score (nSPS) is 20.0. The minimum absolute atomic E-state index is 0.0615. The van der Waals surface area contributed by atoms with Gasteiger partial charge in [-0.3, -0.25) is 4.79 Å². The van der Waals surface area contributed by atoms with Gasteiger partial charge >= 0.3 is 12.2 Å². The number of hydrogen-bond acceptors (Lipinski definition) is 10. The Bertz CT molecular complexity index is 1120. The molecule has 0 radical (unpaired) electrons. The number of ether oxygens (including phenoxy) is 2. The first-order valence-corrected chi connectivity index (χ1v) is 11.7. The largest absolute Gasteiger partial charge is 0.488 e. The maximum Gasteiger partial charge on any atom is 0.389 e. The molecule has 2 aromatic rings. The van der Waals surface area contributed by atoms with Crippen molar-refractivity contribution in [2.75, 3.05) is 36.9 Å². The van der Waals surface area contributed by atoms with Gasteiger partial charge in [-0.05, 0) is 25.2 Å². The fourth-order valence-electron chi connectivity index (χ4n) is 3.91. The molecule has 1 saturated carbocycles. The van der Waals surface area contributed by atoms with E-state index in [4.69, 9.17) is 20.5 Å². The minimum Gasteiger partial charge on any atom is -0.488 e. The van der Waals surface area contributed by atoms with Gasteiger partial charge in [-0.15, -0.1) is 0 Å². The number of alkyl halides is 3. The molecule has 2 atom stereocenters. The summed E-state index contributed by atoms with van der Waals surface area (Å²) in [5.74, 6) is 0.603. The Morgan fingerprint density at radius 1 is 1.22 bits per heavy atom. The smallest absolute Gasteiger partial charge is 0.389 e. The predicted molar refractivity (Wildman–Crippen MR) is 121 cm³/mol. The van der Waals surface area contributed by atoms with Gasteiger partial charge in [0, 0.05) is 31.5 Å². The fraction of sp³-hybridized carbons (Fsp3) is 0.565. The van der Waals surface area contributed by atoms with Crippen LogP contribution < -0.4 is 20.1 Å². The third-order valence-corrected chi connectivity index (χ3v) is 6.25. The Labute approximate surface area is 205 Å². The van der Waals surface area contributed by atoms with E-state index >= 15 is 0 Å². The first-order valence-electron chi connectivity index (χ1n) is 11.7. The molecule has 0 bridgehead atoms. The van der Waals surface area contributed by atoms with Gasteiger partial charge in [0.05, 0.1) is 37.8 Å². The van der Waals surface area contributed by atoms with Crippen LogP contribution in [0.15, 0.2) is 18.6 Å². The highest BCUT2D eigenvalue weighted by Crippen LogP contribution is 2.38. The zero-order valence-corrected chi connectivity index (χ0v) is 19.4. The number of carbonyl (C=O) groups is 1. The zero-order chi connectivity index (χ0) is 25.7. The molecule has 1 aliphatic carbocycles. The number of Topliss-reactive ketones (excluding diaryl/α,β-unsaturated/α-hetero) is 1. The summed E-state index contributed by atoms with van der Waals surface area (Å²) >= 11 is 0. The summed E-state index contributed by atoms with van der Waals surface area (Å²) in [6.45, 7) is 1.84. The molecule has 2 N–H and O–H groups in total. The van der Waals surface area contributed by atoms with Crippen LogP contribution in [0.5, 0.6) is 11.8 Å². The number of carbonyl (C=O) groups excluding carboxylic acids is 1. The van der Waals surface area contributed by atoms with Gasteiger partial charge < -0.3 is 20.1 Å². The van der Waals surface area contributed by atoms with E-state index in [-0.39, 0.29) is 41.9 Å². The number of aromatic nitrogens is 4. The van der Waals surface area contributed by atoms with E-state index in [0.29, 0.717) is 37.7 Å². The van der Waals surface area contributed by atoms with Crippen LogP contribution in [0.25, 0.3) is 0 Å². The SMILES string of the molecule is N#C[C@@H]1C[C@@H]1COc1nc(C(=O)CCC(F)(F)F)cc(N2CCC(COc3cncnc3N)CC2)n1. The van der Waals surface area contributed by atoms with E-state index in [1.807, 2.05) is 4.90 Å². The van der Waals surface area contributed by atoms with Crippen molar-refractivity contribution in [1.29, 1.82) is 5.26 Å². The Kier molecular flexibility index (Phi) is 7.71. The second kappa shape index (κ2) is 10.9. The molecule has 0 unspecified atom stereocenters. The lowest BCUT2D eigenvalue weighted by molar-refractivity contribution is -0.133. The molecule has 0 aromatic carbocycles. The fourth-order valence-corrected chi connectivity index (χ4v) is 3.91. The molecule has 1 aliphatic heterocycles. The first kappa shape index (κ1) is 25.4. The molecule has 2 aromatic heterocycles. The average molecular weight is 506 g/mol. The number of nitrogens with zero attached hydrogens (tertiary/aromatic N) is 6. The second-order valence-electron chi connectivity index (χ2n) is 8.99. The van der Waals surface area contributed by atoms with E-state index in [0.717, 1.165) is 12.8 Å². The molecule has 0 amide bonds. The van der Waals surface area contributed by atoms with Gasteiger partial charge in [0.25, 0.3) is 0 Å². The Morgan fingerprint density at radius 2 is 2.00 bits per heavy atom. The monoisotopic (exact) mass is 505 g/mol. The van der Waals surface area contributed by atoms with Gasteiger partial charge in [-0.1, -0.05) is 0 Å². The molecule has 2 aliphatic rings. The van der Waals surface area contributed by atoms with E-state index in [1.165, 1.54) is 18.6 Å². The number of hydrogen-bond donors (Lipinski definition) is 1. The number of nitriles is 1. The van der Waals surface area contributed by atoms with E-state index in [2.05, 4.69) is 26.0 Å². The minimum atomic E-state index is -4.44. The summed E-state index contributed by atoms with van der Waals surface area (Å²) in [5.41, 5.74) is 5.66. The van der Waals surface area contributed by atoms with E-state index < -0.39 is 24.8 Å². The Balaban J connectivity index is 1.40. The van der Waals surface area contributed by atoms with Crippen LogP contribution in [0.4, 0.5) is 24.8 Å². The van der Waals surface area contributed by atoms with Crippen LogP contribution in [-0.4, -0.2) is 58.2 Å². The molecule has 0 spiro atoms. The molecule has 36 heavy (non-hydrogen) atoms. The highest BCUT2D eigenvalue weighted by atomic mass is 19.4. The number of piperidine rings is 1. The maximum atomic E-state index is 12.6. The summed E-state index contributed by atoms with van der Waals surface area (Å²) in [4.78, 5) is 30.7. The van der Waals surface area contributed by atoms with Gasteiger partial charge in [-0.2, -0.15) is 28.4 Å². The summed E-state index contributed by atoms with van der Waals surface area (Å²) in [5, 5.41) is 8.97. The van der Waals surface area contributed by atoms with Crippen molar-refractivity contribution in [2.45, 2.75) is 38.3 Å². The lowest BCUT2D eigenvalue weighted by Gasteiger charge is -2.32. The number of nitrogens with two attached hydrogens (primary N) is 1. The predicted octanol–water partition coefficient (Wildman–Crippen LogP) is 3.21.